The number of benzene rings is 1. The zero-order valence-electron chi connectivity index (χ0n) is 14.2. The summed E-state index contributed by atoms with van der Waals surface area (Å²) in [5, 5.41) is 0. The van der Waals surface area contributed by atoms with Crippen LogP contribution in [0.5, 0.6) is 0 Å². The molecule has 2 saturated heterocycles. The Balaban J connectivity index is 1.44. The number of fused-ring (bicyclic) bond motifs is 2. The van der Waals surface area contributed by atoms with E-state index in [4.69, 9.17) is 4.74 Å². The van der Waals surface area contributed by atoms with E-state index in [2.05, 4.69) is 11.9 Å². The van der Waals surface area contributed by atoms with E-state index in [-0.39, 0.29) is 17.8 Å². The summed E-state index contributed by atoms with van der Waals surface area (Å²) in [6.07, 6.45) is 3.31. The summed E-state index contributed by atoms with van der Waals surface area (Å²) < 4.78 is 5.76. The molecule has 128 valence electrons. The number of piperidine rings is 2. The SMILES string of the molecule is CN1CCC(C(=O)N2CCC3(CC2)OC(=O)c2ccccc23)CC1. The topological polar surface area (TPSA) is 49.9 Å². The van der Waals surface area contributed by atoms with Crippen LogP contribution in [0, 0.1) is 5.92 Å². The molecule has 24 heavy (non-hydrogen) atoms. The van der Waals surface area contributed by atoms with E-state index in [0.29, 0.717) is 31.5 Å². The van der Waals surface area contributed by atoms with Gasteiger partial charge in [-0.1, -0.05) is 18.2 Å². The van der Waals surface area contributed by atoms with Crippen molar-refractivity contribution in [3.05, 3.63) is 35.4 Å². The highest BCUT2D eigenvalue weighted by Gasteiger charge is 2.48. The molecule has 0 radical (unpaired) electrons. The third-order valence-electron chi connectivity index (χ3n) is 5.88. The number of hydrogen-bond acceptors (Lipinski definition) is 4. The van der Waals surface area contributed by atoms with Crippen molar-refractivity contribution in [1.29, 1.82) is 0 Å². The minimum atomic E-state index is -0.517. The van der Waals surface area contributed by atoms with Gasteiger partial charge in [0.25, 0.3) is 0 Å². The van der Waals surface area contributed by atoms with Crippen molar-refractivity contribution in [2.45, 2.75) is 31.3 Å². The minimum Gasteiger partial charge on any atom is -0.450 e. The molecular formula is C19H24N2O3. The number of likely N-dealkylation sites (tertiary alicyclic amines) is 2. The van der Waals surface area contributed by atoms with Gasteiger partial charge < -0.3 is 14.5 Å². The molecule has 3 heterocycles. The first-order chi connectivity index (χ1) is 11.6. The monoisotopic (exact) mass is 328 g/mol. The first-order valence-corrected chi connectivity index (χ1v) is 8.89. The summed E-state index contributed by atoms with van der Waals surface area (Å²) in [5.74, 6) is 0.227. The third kappa shape index (κ3) is 2.51. The van der Waals surface area contributed by atoms with Gasteiger partial charge in [0, 0.05) is 37.4 Å². The molecule has 0 unspecified atom stereocenters. The number of amides is 1. The second kappa shape index (κ2) is 5.88. The van der Waals surface area contributed by atoms with Gasteiger partial charge in [-0.2, -0.15) is 0 Å². The molecule has 3 aliphatic heterocycles. The van der Waals surface area contributed by atoms with E-state index in [9.17, 15) is 9.59 Å². The van der Waals surface area contributed by atoms with Crippen molar-refractivity contribution in [2.75, 3.05) is 33.2 Å². The van der Waals surface area contributed by atoms with Crippen molar-refractivity contribution >= 4 is 11.9 Å². The number of carbonyl (C=O) groups excluding carboxylic acids is 2. The molecule has 0 aromatic heterocycles. The van der Waals surface area contributed by atoms with Gasteiger partial charge >= 0.3 is 5.97 Å². The second-order valence-electron chi connectivity index (χ2n) is 7.33. The average molecular weight is 328 g/mol. The maximum atomic E-state index is 12.8. The molecule has 4 rings (SSSR count). The highest BCUT2D eigenvalue weighted by atomic mass is 16.6. The molecule has 0 aliphatic carbocycles. The molecule has 1 spiro atoms. The van der Waals surface area contributed by atoms with Crippen LogP contribution in [-0.2, 0) is 15.1 Å². The van der Waals surface area contributed by atoms with Crippen LogP contribution in [0.2, 0.25) is 0 Å². The Kier molecular flexibility index (Phi) is 3.83. The number of nitrogens with zero attached hydrogens (tertiary/aromatic N) is 2. The highest BCUT2D eigenvalue weighted by Crippen LogP contribution is 2.44. The minimum absolute atomic E-state index is 0.161. The molecule has 0 atom stereocenters. The lowest BCUT2D eigenvalue weighted by molar-refractivity contribution is -0.141. The van der Waals surface area contributed by atoms with Crippen LogP contribution in [0.4, 0.5) is 0 Å². The van der Waals surface area contributed by atoms with E-state index < -0.39 is 5.60 Å². The van der Waals surface area contributed by atoms with Gasteiger partial charge in [-0.15, -0.1) is 0 Å². The fourth-order valence-electron chi connectivity index (χ4n) is 4.32. The van der Waals surface area contributed by atoms with Crippen LogP contribution in [0.25, 0.3) is 0 Å². The van der Waals surface area contributed by atoms with Gasteiger partial charge in [0.15, 0.2) is 0 Å². The van der Waals surface area contributed by atoms with Crippen LogP contribution in [0.3, 0.4) is 0 Å². The van der Waals surface area contributed by atoms with Crippen LogP contribution in [0.15, 0.2) is 24.3 Å². The van der Waals surface area contributed by atoms with Gasteiger partial charge in [-0.05, 0) is 39.0 Å². The van der Waals surface area contributed by atoms with Crippen LogP contribution >= 0.6 is 0 Å². The summed E-state index contributed by atoms with van der Waals surface area (Å²) in [5.41, 5.74) is 1.17. The lowest BCUT2D eigenvalue weighted by Gasteiger charge is -2.40. The van der Waals surface area contributed by atoms with Gasteiger partial charge in [-0.3, -0.25) is 4.79 Å². The summed E-state index contributed by atoms with van der Waals surface area (Å²) in [6.45, 7) is 3.35. The molecule has 0 bridgehead atoms. The molecule has 0 saturated carbocycles. The van der Waals surface area contributed by atoms with Crippen molar-refractivity contribution in [3.8, 4) is 0 Å². The van der Waals surface area contributed by atoms with Crippen molar-refractivity contribution < 1.29 is 14.3 Å². The Morgan fingerprint density at radius 3 is 2.50 bits per heavy atom. The van der Waals surface area contributed by atoms with Crippen molar-refractivity contribution in [3.63, 3.8) is 0 Å². The van der Waals surface area contributed by atoms with Crippen LogP contribution in [0.1, 0.15) is 41.6 Å². The number of esters is 1. The standard InChI is InChI=1S/C19H24N2O3/c1-20-10-6-14(7-11-20)17(22)21-12-8-19(9-13-21)16-5-3-2-4-15(16)18(23)24-19/h2-5,14H,6-13H2,1H3. The molecule has 5 heteroatoms. The Labute approximate surface area is 142 Å². The summed E-state index contributed by atoms with van der Waals surface area (Å²) >= 11 is 0. The fraction of sp³-hybridized carbons (Fsp3) is 0.579. The molecular weight excluding hydrogens is 304 g/mol. The number of rotatable bonds is 1. The molecule has 1 aromatic carbocycles. The normalized spacial score (nSPS) is 24.0. The summed E-state index contributed by atoms with van der Waals surface area (Å²) in [6, 6.07) is 7.66. The highest BCUT2D eigenvalue weighted by molar-refractivity contribution is 5.94. The second-order valence-corrected chi connectivity index (χ2v) is 7.33. The predicted molar refractivity (Wildman–Crippen MR) is 89.6 cm³/mol. The Hall–Kier alpha value is -1.88. The number of carbonyl (C=O) groups is 2. The maximum Gasteiger partial charge on any atom is 0.339 e. The Morgan fingerprint density at radius 2 is 1.79 bits per heavy atom. The predicted octanol–water partition coefficient (Wildman–Crippen LogP) is 2.02. The first-order valence-electron chi connectivity index (χ1n) is 8.89. The Morgan fingerprint density at radius 1 is 1.12 bits per heavy atom. The summed E-state index contributed by atoms with van der Waals surface area (Å²) in [7, 11) is 2.11. The number of ether oxygens (including phenoxy) is 1. The lowest BCUT2D eigenvalue weighted by atomic mass is 9.83. The smallest absolute Gasteiger partial charge is 0.339 e. The zero-order chi connectivity index (χ0) is 16.7. The quantitative estimate of drug-likeness (QED) is 0.740. The van der Waals surface area contributed by atoms with Crippen LogP contribution in [-0.4, -0.2) is 54.9 Å². The first kappa shape index (κ1) is 15.6. The fourth-order valence-corrected chi connectivity index (χ4v) is 4.32. The maximum absolute atomic E-state index is 12.8. The molecule has 0 N–H and O–H groups in total. The van der Waals surface area contributed by atoms with E-state index in [1.54, 1.807) is 0 Å². The molecule has 2 fully saturated rings. The molecule has 1 amide bonds. The largest absolute Gasteiger partial charge is 0.450 e. The van der Waals surface area contributed by atoms with E-state index >= 15 is 0 Å². The average Bonchev–Trinajstić information content (AvgIpc) is 2.88. The van der Waals surface area contributed by atoms with Gasteiger partial charge in [0.1, 0.15) is 5.60 Å². The van der Waals surface area contributed by atoms with Gasteiger partial charge in [0.2, 0.25) is 5.91 Å². The van der Waals surface area contributed by atoms with Crippen molar-refractivity contribution in [2.24, 2.45) is 5.92 Å². The molecule has 5 nitrogen and oxygen atoms in total. The van der Waals surface area contributed by atoms with Gasteiger partial charge in [-0.25, -0.2) is 4.79 Å². The lowest BCUT2D eigenvalue weighted by Crippen LogP contribution is -2.48. The Bertz CT molecular complexity index is 656. The third-order valence-corrected chi connectivity index (χ3v) is 5.88. The summed E-state index contributed by atoms with van der Waals surface area (Å²) in [4.78, 5) is 29.2. The molecule has 3 aliphatic rings. The molecule has 1 aromatic rings. The van der Waals surface area contributed by atoms with E-state index in [1.165, 1.54) is 0 Å². The van der Waals surface area contributed by atoms with E-state index in [1.807, 2.05) is 29.2 Å². The van der Waals surface area contributed by atoms with Crippen molar-refractivity contribution in [1.82, 2.24) is 9.80 Å². The zero-order valence-corrected chi connectivity index (χ0v) is 14.2. The van der Waals surface area contributed by atoms with Gasteiger partial charge in [0.05, 0.1) is 5.56 Å². The van der Waals surface area contributed by atoms with Crippen LogP contribution < -0.4 is 0 Å². The number of hydrogen-bond donors (Lipinski definition) is 0. The van der Waals surface area contributed by atoms with E-state index in [0.717, 1.165) is 31.5 Å².